The van der Waals surface area contributed by atoms with Crippen molar-refractivity contribution in [3.63, 3.8) is 0 Å². The predicted octanol–water partition coefficient (Wildman–Crippen LogP) is 1.73. The SMILES string of the molecule is COC[C@@H](NC(=O)N1CCCN(c2ccnc(C)c2)CC1)c1ccnn1C. The van der Waals surface area contributed by atoms with Crippen molar-refractivity contribution in [3.8, 4) is 0 Å². The number of hydrogen-bond donors (Lipinski definition) is 1. The first-order valence-electron chi connectivity index (χ1n) is 9.28. The van der Waals surface area contributed by atoms with Crippen LogP contribution < -0.4 is 10.2 Å². The normalized spacial score (nSPS) is 16.1. The van der Waals surface area contributed by atoms with Crippen LogP contribution in [0, 0.1) is 6.92 Å². The third-order valence-electron chi connectivity index (χ3n) is 4.88. The van der Waals surface area contributed by atoms with Crippen molar-refractivity contribution in [2.45, 2.75) is 19.4 Å². The van der Waals surface area contributed by atoms with E-state index in [1.165, 1.54) is 0 Å². The number of rotatable bonds is 5. The fourth-order valence-electron chi connectivity index (χ4n) is 3.44. The van der Waals surface area contributed by atoms with Gasteiger partial charge in [0.25, 0.3) is 0 Å². The zero-order chi connectivity index (χ0) is 19.2. The van der Waals surface area contributed by atoms with Crippen molar-refractivity contribution in [2.24, 2.45) is 7.05 Å². The molecule has 1 fully saturated rings. The Labute approximate surface area is 160 Å². The Morgan fingerprint density at radius 2 is 2.11 bits per heavy atom. The summed E-state index contributed by atoms with van der Waals surface area (Å²) in [5, 5.41) is 7.28. The first kappa shape index (κ1) is 19.2. The summed E-state index contributed by atoms with van der Waals surface area (Å²) in [5.74, 6) is 0. The number of nitrogens with one attached hydrogen (secondary N) is 1. The fraction of sp³-hybridized carbons (Fsp3) is 0.526. The van der Waals surface area contributed by atoms with Gasteiger partial charge < -0.3 is 19.9 Å². The van der Waals surface area contributed by atoms with E-state index in [-0.39, 0.29) is 12.1 Å². The average molecular weight is 372 g/mol. The zero-order valence-electron chi connectivity index (χ0n) is 16.3. The van der Waals surface area contributed by atoms with E-state index >= 15 is 0 Å². The second-order valence-corrected chi connectivity index (χ2v) is 6.82. The first-order valence-corrected chi connectivity index (χ1v) is 9.28. The number of anilines is 1. The molecule has 0 saturated carbocycles. The van der Waals surface area contributed by atoms with Crippen molar-refractivity contribution < 1.29 is 9.53 Å². The van der Waals surface area contributed by atoms with Gasteiger partial charge in [-0.2, -0.15) is 5.10 Å². The molecule has 3 heterocycles. The number of hydrogen-bond acceptors (Lipinski definition) is 5. The molecule has 1 aliphatic rings. The Morgan fingerprint density at radius 3 is 2.81 bits per heavy atom. The maximum atomic E-state index is 12.8. The second-order valence-electron chi connectivity index (χ2n) is 6.82. The van der Waals surface area contributed by atoms with E-state index < -0.39 is 0 Å². The highest BCUT2D eigenvalue weighted by atomic mass is 16.5. The van der Waals surface area contributed by atoms with Crippen LogP contribution in [0.4, 0.5) is 10.5 Å². The third kappa shape index (κ3) is 4.77. The highest BCUT2D eigenvalue weighted by molar-refractivity contribution is 5.75. The van der Waals surface area contributed by atoms with Crippen LogP contribution in [-0.4, -0.2) is 65.6 Å². The number of aromatic nitrogens is 3. The molecule has 1 atom stereocenters. The lowest BCUT2D eigenvalue weighted by molar-refractivity contribution is 0.153. The fourth-order valence-corrected chi connectivity index (χ4v) is 3.44. The van der Waals surface area contributed by atoms with Crippen LogP contribution in [0.15, 0.2) is 30.6 Å². The molecule has 2 aromatic rings. The standard InChI is InChI=1S/C19H28N6O2/c1-15-13-16(5-7-20-15)24-9-4-10-25(12-11-24)19(26)22-17(14-27-3)18-6-8-21-23(18)2/h5-8,13,17H,4,9-12,14H2,1-3H3,(H,22,26)/t17-/m1/s1. The van der Waals surface area contributed by atoms with E-state index in [0.29, 0.717) is 13.2 Å². The first-order chi connectivity index (χ1) is 13.1. The van der Waals surface area contributed by atoms with Crippen molar-refractivity contribution in [2.75, 3.05) is 44.8 Å². The highest BCUT2D eigenvalue weighted by Gasteiger charge is 2.23. The number of carbonyl (C=O) groups is 1. The van der Waals surface area contributed by atoms with Crippen molar-refractivity contribution >= 4 is 11.7 Å². The molecule has 0 spiro atoms. The molecule has 0 radical (unpaired) electrons. The Kier molecular flexibility index (Phi) is 6.28. The summed E-state index contributed by atoms with van der Waals surface area (Å²) in [6, 6.07) is 5.73. The zero-order valence-corrected chi connectivity index (χ0v) is 16.3. The van der Waals surface area contributed by atoms with Gasteiger partial charge >= 0.3 is 6.03 Å². The molecule has 1 N–H and O–H groups in total. The van der Waals surface area contributed by atoms with Crippen LogP contribution in [0.1, 0.15) is 23.9 Å². The van der Waals surface area contributed by atoms with Gasteiger partial charge in [-0.25, -0.2) is 4.79 Å². The lowest BCUT2D eigenvalue weighted by atomic mass is 10.2. The quantitative estimate of drug-likeness (QED) is 0.865. The van der Waals surface area contributed by atoms with Crippen LogP contribution in [0.2, 0.25) is 0 Å². The molecular formula is C19H28N6O2. The van der Waals surface area contributed by atoms with Gasteiger partial charge in [0.15, 0.2) is 0 Å². The van der Waals surface area contributed by atoms with Gasteiger partial charge in [0.05, 0.1) is 18.3 Å². The molecule has 0 unspecified atom stereocenters. The summed E-state index contributed by atoms with van der Waals surface area (Å²) in [6.45, 7) is 5.54. The molecule has 8 nitrogen and oxygen atoms in total. The summed E-state index contributed by atoms with van der Waals surface area (Å²) < 4.78 is 7.06. The Bertz CT molecular complexity index is 762. The second kappa shape index (κ2) is 8.85. The van der Waals surface area contributed by atoms with Crippen LogP contribution in [0.3, 0.4) is 0 Å². The van der Waals surface area contributed by atoms with Gasteiger partial charge in [0.2, 0.25) is 0 Å². The van der Waals surface area contributed by atoms with Crippen LogP contribution in [0.25, 0.3) is 0 Å². The smallest absolute Gasteiger partial charge is 0.318 e. The molecule has 0 bridgehead atoms. The van der Waals surface area contributed by atoms with Crippen LogP contribution >= 0.6 is 0 Å². The van der Waals surface area contributed by atoms with Gasteiger partial charge in [0, 0.05) is 64.1 Å². The summed E-state index contributed by atoms with van der Waals surface area (Å²) in [7, 11) is 3.50. The minimum absolute atomic E-state index is 0.0639. The van der Waals surface area contributed by atoms with E-state index in [1.54, 1.807) is 18.0 Å². The number of carbonyl (C=O) groups excluding carboxylic acids is 1. The van der Waals surface area contributed by atoms with Gasteiger partial charge in [-0.05, 0) is 31.5 Å². The average Bonchev–Trinajstić information content (AvgIpc) is 2.92. The number of aryl methyl sites for hydroxylation is 2. The Balaban J connectivity index is 1.62. The Morgan fingerprint density at radius 1 is 1.26 bits per heavy atom. The maximum Gasteiger partial charge on any atom is 0.318 e. The lowest BCUT2D eigenvalue weighted by Crippen LogP contribution is -2.44. The van der Waals surface area contributed by atoms with E-state index in [2.05, 4.69) is 26.4 Å². The third-order valence-corrected chi connectivity index (χ3v) is 4.88. The molecule has 27 heavy (non-hydrogen) atoms. The summed E-state index contributed by atoms with van der Waals surface area (Å²) in [4.78, 5) is 21.3. The summed E-state index contributed by atoms with van der Waals surface area (Å²) in [6.07, 6.45) is 4.49. The van der Waals surface area contributed by atoms with E-state index in [4.69, 9.17) is 4.74 Å². The number of nitrogens with zero attached hydrogens (tertiary/aromatic N) is 5. The monoisotopic (exact) mass is 372 g/mol. The largest absolute Gasteiger partial charge is 0.382 e. The van der Waals surface area contributed by atoms with Gasteiger partial charge in [0.1, 0.15) is 0 Å². The lowest BCUT2D eigenvalue weighted by Gasteiger charge is -2.26. The number of methoxy groups -OCH3 is 1. The molecule has 146 valence electrons. The summed E-state index contributed by atoms with van der Waals surface area (Å²) >= 11 is 0. The van der Waals surface area contributed by atoms with Crippen molar-refractivity contribution in [1.29, 1.82) is 0 Å². The molecule has 1 aliphatic heterocycles. The molecule has 3 rings (SSSR count). The van der Waals surface area contributed by atoms with Crippen LogP contribution in [-0.2, 0) is 11.8 Å². The molecule has 8 heteroatoms. The van der Waals surface area contributed by atoms with Gasteiger partial charge in [-0.15, -0.1) is 0 Å². The van der Waals surface area contributed by atoms with E-state index in [0.717, 1.165) is 43.1 Å². The number of pyridine rings is 1. The predicted molar refractivity (Wildman–Crippen MR) is 104 cm³/mol. The minimum Gasteiger partial charge on any atom is -0.382 e. The Hall–Kier alpha value is -2.61. The molecule has 2 amide bonds. The molecular weight excluding hydrogens is 344 g/mol. The van der Waals surface area contributed by atoms with Crippen molar-refractivity contribution in [1.82, 2.24) is 25.0 Å². The van der Waals surface area contributed by atoms with Gasteiger partial charge in [-0.3, -0.25) is 9.67 Å². The molecule has 0 aromatic carbocycles. The topological polar surface area (TPSA) is 75.5 Å². The maximum absolute atomic E-state index is 12.8. The van der Waals surface area contributed by atoms with Crippen LogP contribution in [0.5, 0.6) is 0 Å². The minimum atomic E-state index is -0.225. The summed E-state index contributed by atoms with van der Waals surface area (Å²) in [5.41, 5.74) is 3.09. The molecule has 2 aromatic heterocycles. The number of urea groups is 1. The highest BCUT2D eigenvalue weighted by Crippen LogP contribution is 2.18. The number of amides is 2. The number of ether oxygens (including phenoxy) is 1. The van der Waals surface area contributed by atoms with E-state index in [1.807, 2.05) is 37.2 Å². The van der Waals surface area contributed by atoms with Crippen molar-refractivity contribution in [3.05, 3.63) is 42.0 Å². The van der Waals surface area contributed by atoms with Gasteiger partial charge in [-0.1, -0.05) is 0 Å². The van der Waals surface area contributed by atoms with E-state index in [9.17, 15) is 4.79 Å². The molecule has 0 aliphatic carbocycles. The molecule has 1 saturated heterocycles.